The van der Waals surface area contributed by atoms with Gasteiger partial charge in [-0.1, -0.05) is 72.8 Å². The summed E-state index contributed by atoms with van der Waals surface area (Å²) in [7, 11) is 0. The van der Waals surface area contributed by atoms with Gasteiger partial charge in [0.15, 0.2) is 12.3 Å². The second kappa shape index (κ2) is 8.56. The zero-order valence-electron chi connectivity index (χ0n) is 16.9. The van der Waals surface area contributed by atoms with Crippen LogP contribution in [0.4, 0.5) is 4.39 Å². The van der Waals surface area contributed by atoms with Crippen LogP contribution in [0.15, 0.2) is 109 Å². The first-order chi connectivity index (χ1) is 15.3. The Labute approximate surface area is 180 Å². The summed E-state index contributed by atoms with van der Waals surface area (Å²) in [6, 6.07) is 27.0. The maximum absolute atomic E-state index is 15.5. The van der Waals surface area contributed by atoms with E-state index < -0.39 is 12.3 Å². The quantitative estimate of drug-likeness (QED) is 0.422. The smallest absolute Gasteiger partial charge is 0.217 e. The van der Waals surface area contributed by atoms with Crippen molar-refractivity contribution in [2.24, 2.45) is 4.99 Å². The fourth-order valence-electron chi connectivity index (χ4n) is 3.88. The molecule has 0 amide bonds. The van der Waals surface area contributed by atoms with Crippen molar-refractivity contribution >= 4 is 5.90 Å². The molecule has 0 spiro atoms. The molecule has 3 atom stereocenters. The predicted molar refractivity (Wildman–Crippen MR) is 120 cm³/mol. The molecule has 0 fully saturated rings. The number of halogens is 1. The summed E-state index contributed by atoms with van der Waals surface area (Å²) < 4.78 is 23.5. The zero-order chi connectivity index (χ0) is 21.0. The summed E-state index contributed by atoms with van der Waals surface area (Å²) >= 11 is 0. The minimum Gasteiger partial charge on any atom is -0.468 e. The second-order valence-electron chi connectivity index (χ2n) is 7.60. The molecule has 0 aliphatic carbocycles. The van der Waals surface area contributed by atoms with E-state index in [-0.39, 0.29) is 6.04 Å². The fourth-order valence-corrected chi connectivity index (χ4v) is 3.88. The van der Waals surface area contributed by atoms with Gasteiger partial charge >= 0.3 is 0 Å². The molecule has 5 rings (SSSR count). The lowest BCUT2D eigenvalue weighted by Gasteiger charge is -2.22. The van der Waals surface area contributed by atoms with Crippen LogP contribution in [0.3, 0.4) is 0 Å². The highest BCUT2D eigenvalue weighted by Crippen LogP contribution is 2.33. The van der Waals surface area contributed by atoms with Gasteiger partial charge in [-0.25, -0.2) is 14.4 Å². The van der Waals surface area contributed by atoms with Gasteiger partial charge in [0.2, 0.25) is 5.90 Å². The number of ether oxygens (including phenoxy) is 1. The Morgan fingerprint density at radius 1 is 0.839 bits per heavy atom. The fraction of sp³-hybridized carbons (Fsp3) is 0.154. The van der Waals surface area contributed by atoms with Crippen LogP contribution in [-0.2, 0) is 11.3 Å². The van der Waals surface area contributed by atoms with Crippen molar-refractivity contribution in [3.63, 3.8) is 0 Å². The molecule has 154 valence electrons. The number of hydrogen-bond donors (Lipinski definition) is 0. The van der Waals surface area contributed by atoms with Crippen molar-refractivity contribution in [3.05, 3.63) is 115 Å². The Kier molecular flexibility index (Phi) is 5.31. The summed E-state index contributed by atoms with van der Waals surface area (Å²) in [5, 5.41) is 0. The summed E-state index contributed by atoms with van der Waals surface area (Å²) in [6.07, 6.45) is 3.31. The van der Waals surface area contributed by atoms with Crippen molar-refractivity contribution in [3.8, 4) is 11.1 Å². The molecule has 0 saturated heterocycles. The number of benzene rings is 3. The SMILES string of the molecule is FC(c1ccccc1)C1OC(c2ccc(-c3ccccc3)cc2)=NC1Cn1ccnc1. The average molecular weight is 411 g/mol. The monoisotopic (exact) mass is 411 g/mol. The Hall–Kier alpha value is -3.73. The molecule has 0 saturated carbocycles. The third kappa shape index (κ3) is 4.12. The molecule has 0 bridgehead atoms. The molecule has 0 radical (unpaired) electrons. The molecule has 4 nitrogen and oxygen atoms in total. The van der Waals surface area contributed by atoms with Crippen LogP contribution in [0.5, 0.6) is 0 Å². The van der Waals surface area contributed by atoms with E-state index in [1.807, 2.05) is 71.4 Å². The van der Waals surface area contributed by atoms with Gasteiger partial charge in [0.25, 0.3) is 0 Å². The lowest BCUT2D eigenvalue weighted by atomic mass is 10.0. The van der Waals surface area contributed by atoms with Crippen LogP contribution in [0.2, 0.25) is 0 Å². The van der Waals surface area contributed by atoms with Crippen LogP contribution >= 0.6 is 0 Å². The van der Waals surface area contributed by atoms with E-state index in [0.717, 1.165) is 16.7 Å². The molecule has 1 aliphatic rings. The number of imidazole rings is 1. The molecule has 3 unspecified atom stereocenters. The van der Waals surface area contributed by atoms with E-state index in [1.54, 1.807) is 24.7 Å². The molecule has 0 N–H and O–H groups in total. The van der Waals surface area contributed by atoms with Crippen LogP contribution < -0.4 is 0 Å². The number of hydrogen-bond acceptors (Lipinski definition) is 3. The normalized spacial score (nSPS) is 18.9. The highest BCUT2D eigenvalue weighted by atomic mass is 19.1. The number of aromatic nitrogens is 2. The summed E-state index contributed by atoms with van der Waals surface area (Å²) in [6.45, 7) is 0.503. The molecule has 5 heteroatoms. The Bertz CT molecular complexity index is 1140. The van der Waals surface area contributed by atoms with E-state index in [0.29, 0.717) is 18.0 Å². The van der Waals surface area contributed by atoms with Crippen LogP contribution in [0.1, 0.15) is 17.3 Å². The molecule has 3 aromatic carbocycles. The largest absolute Gasteiger partial charge is 0.468 e. The van der Waals surface area contributed by atoms with Crippen LogP contribution in [0, 0.1) is 0 Å². The highest BCUT2D eigenvalue weighted by molar-refractivity contribution is 5.96. The van der Waals surface area contributed by atoms with Crippen molar-refractivity contribution in [1.29, 1.82) is 0 Å². The van der Waals surface area contributed by atoms with Gasteiger partial charge in [0.05, 0.1) is 6.33 Å². The minimum absolute atomic E-state index is 0.354. The van der Waals surface area contributed by atoms with Crippen molar-refractivity contribution in [2.75, 3.05) is 0 Å². The number of aliphatic imine (C=N–C) groups is 1. The standard InChI is InChI=1S/C26H22FN3O/c27-24(21-9-5-2-6-10-21)25-23(17-30-16-15-28-18-30)29-26(31-25)22-13-11-20(12-14-22)19-7-3-1-4-8-19/h1-16,18,23-25H,17H2. The van der Waals surface area contributed by atoms with Gasteiger partial charge in [-0.3, -0.25) is 0 Å². The highest BCUT2D eigenvalue weighted by Gasteiger charge is 2.39. The topological polar surface area (TPSA) is 39.4 Å². The third-order valence-electron chi connectivity index (χ3n) is 5.51. The van der Waals surface area contributed by atoms with Crippen molar-refractivity contribution in [2.45, 2.75) is 24.9 Å². The second-order valence-corrected chi connectivity index (χ2v) is 7.60. The summed E-state index contributed by atoms with van der Waals surface area (Å²) in [5.41, 5.74) is 3.70. The van der Waals surface area contributed by atoms with Crippen molar-refractivity contribution < 1.29 is 9.13 Å². The maximum atomic E-state index is 15.5. The molecule has 4 aromatic rings. The van der Waals surface area contributed by atoms with Gasteiger partial charge in [-0.05, 0) is 28.8 Å². The van der Waals surface area contributed by atoms with Crippen molar-refractivity contribution in [1.82, 2.24) is 9.55 Å². The van der Waals surface area contributed by atoms with Gasteiger partial charge in [0, 0.05) is 24.5 Å². The number of alkyl halides is 1. The van der Waals surface area contributed by atoms with E-state index in [4.69, 9.17) is 9.73 Å². The number of rotatable bonds is 6. The van der Waals surface area contributed by atoms with Gasteiger partial charge in [-0.2, -0.15) is 0 Å². The molecule has 31 heavy (non-hydrogen) atoms. The Morgan fingerprint density at radius 3 is 2.16 bits per heavy atom. The molecular weight excluding hydrogens is 389 g/mol. The molecular formula is C26H22FN3O. The average Bonchev–Trinajstić information content (AvgIpc) is 3.50. The first-order valence-electron chi connectivity index (χ1n) is 10.3. The molecule has 1 aromatic heterocycles. The zero-order valence-corrected chi connectivity index (χ0v) is 16.9. The molecule has 2 heterocycles. The van der Waals surface area contributed by atoms with E-state index >= 15 is 4.39 Å². The van der Waals surface area contributed by atoms with E-state index in [1.165, 1.54) is 0 Å². The minimum atomic E-state index is -1.28. The lowest BCUT2D eigenvalue weighted by molar-refractivity contribution is 0.0857. The summed E-state index contributed by atoms with van der Waals surface area (Å²) in [4.78, 5) is 8.86. The van der Waals surface area contributed by atoms with Gasteiger partial charge in [-0.15, -0.1) is 0 Å². The first-order valence-corrected chi connectivity index (χ1v) is 10.3. The van der Waals surface area contributed by atoms with Crippen LogP contribution in [-0.4, -0.2) is 27.6 Å². The third-order valence-corrected chi connectivity index (χ3v) is 5.51. The first kappa shape index (κ1) is 19.2. The maximum Gasteiger partial charge on any atom is 0.217 e. The summed E-state index contributed by atoms with van der Waals surface area (Å²) in [5.74, 6) is 0.480. The van der Waals surface area contributed by atoms with Crippen LogP contribution in [0.25, 0.3) is 11.1 Å². The Balaban J connectivity index is 1.42. The van der Waals surface area contributed by atoms with Gasteiger partial charge in [0.1, 0.15) is 6.04 Å². The Morgan fingerprint density at radius 2 is 1.48 bits per heavy atom. The lowest BCUT2D eigenvalue weighted by Crippen LogP contribution is -2.31. The molecule has 1 aliphatic heterocycles. The number of nitrogens with zero attached hydrogens (tertiary/aromatic N) is 3. The van der Waals surface area contributed by atoms with Gasteiger partial charge < -0.3 is 9.30 Å². The van der Waals surface area contributed by atoms with E-state index in [2.05, 4.69) is 17.1 Å². The van der Waals surface area contributed by atoms with E-state index in [9.17, 15) is 0 Å². The predicted octanol–water partition coefficient (Wildman–Crippen LogP) is 5.48.